The first-order valence-corrected chi connectivity index (χ1v) is 9.05. The van der Waals surface area contributed by atoms with Crippen molar-refractivity contribution in [2.24, 2.45) is 17.4 Å². The van der Waals surface area contributed by atoms with Crippen LogP contribution in [0.4, 0.5) is 13.2 Å². The fraction of sp³-hybridized carbons (Fsp3) is 0.389. The van der Waals surface area contributed by atoms with Crippen molar-refractivity contribution < 1.29 is 17.9 Å². The summed E-state index contributed by atoms with van der Waals surface area (Å²) in [6.45, 7) is 0. The summed E-state index contributed by atoms with van der Waals surface area (Å²) in [4.78, 5) is 16.5. The van der Waals surface area contributed by atoms with Gasteiger partial charge in [-0.25, -0.2) is 15.0 Å². The molecule has 2 heterocycles. The van der Waals surface area contributed by atoms with Gasteiger partial charge in [-0.15, -0.1) is 38.0 Å². The monoisotopic (exact) mass is 481 g/mol. The second-order valence-corrected chi connectivity index (χ2v) is 6.72. The average molecular weight is 482 g/mol. The van der Waals surface area contributed by atoms with E-state index in [2.05, 4.69) is 31.4 Å². The molecular formula is C18H24Cl2F3N7O. The molecule has 4 rings (SSSR count). The molecule has 0 radical (unpaired) electrons. The highest BCUT2D eigenvalue weighted by molar-refractivity contribution is 5.87. The number of H-pyrrole nitrogens is 1. The molecule has 3 aromatic rings. The zero-order valence-electron chi connectivity index (χ0n) is 16.3. The van der Waals surface area contributed by atoms with Crippen LogP contribution in [0, 0.1) is 0 Å². The summed E-state index contributed by atoms with van der Waals surface area (Å²) in [5, 5.41) is 0. The van der Waals surface area contributed by atoms with E-state index in [1.54, 1.807) is 12.1 Å². The predicted molar refractivity (Wildman–Crippen MR) is 116 cm³/mol. The van der Waals surface area contributed by atoms with Crippen molar-refractivity contribution in [2.75, 3.05) is 0 Å². The van der Waals surface area contributed by atoms with Crippen molar-refractivity contribution in [2.45, 2.75) is 44.0 Å². The van der Waals surface area contributed by atoms with E-state index in [4.69, 9.17) is 10.7 Å². The number of aromatic amines is 1. The van der Waals surface area contributed by atoms with Crippen LogP contribution < -0.4 is 22.2 Å². The zero-order valence-corrected chi connectivity index (χ0v) is 17.9. The van der Waals surface area contributed by atoms with Gasteiger partial charge in [-0.1, -0.05) is 0 Å². The van der Waals surface area contributed by atoms with E-state index in [9.17, 15) is 13.2 Å². The Kier molecular flexibility index (Phi) is 9.91. The fourth-order valence-electron chi connectivity index (χ4n) is 3.43. The Labute approximate surface area is 188 Å². The molecule has 0 spiro atoms. The Bertz CT molecular complexity index is 945. The van der Waals surface area contributed by atoms with Gasteiger partial charge in [0.05, 0.1) is 12.0 Å². The number of nitrogens with one attached hydrogen (secondary N) is 1. The summed E-state index contributed by atoms with van der Waals surface area (Å²) in [7, 11) is 0. The van der Waals surface area contributed by atoms with Gasteiger partial charge in [0, 0.05) is 17.5 Å². The first kappa shape index (κ1) is 26.9. The van der Waals surface area contributed by atoms with Crippen LogP contribution in [0.15, 0.2) is 30.6 Å². The molecule has 1 aliphatic carbocycles. The molecule has 13 heteroatoms. The maximum atomic E-state index is 12.4. The molecular weight excluding hydrogens is 458 g/mol. The summed E-state index contributed by atoms with van der Waals surface area (Å²) in [5.41, 5.74) is 8.44. The number of rotatable bonds is 3. The number of ether oxygens (including phenoxy) is 1. The molecule has 1 saturated carbocycles. The van der Waals surface area contributed by atoms with Gasteiger partial charge in [0.15, 0.2) is 5.65 Å². The zero-order chi connectivity index (χ0) is 21.0. The molecule has 0 aliphatic heterocycles. The number of nitrogens with two attached hydrogens (primary N) is 3. The Hall–Kier alpha value is -2.18. The second kappa shape index (κ2) is 11.4. The van der Waals surface area contributed by atoms with Gasteiger partial charge >= 0.3 is 6.36 Å². The van der Waals surface area contributed by atoms with E-state index in [0.29, 0.717) is 28.2 Å². The highest BCUT2D eigenvalue weighted by atomic mass is 35.5. The standard InChI is InChI=1S/C18H18F3N5O.2ClH.H4N2/c19-18(20,21)27-13-7-3-10(4-8-13)14-15-17(24-9-23-15)26-16(25-14)11-1-5-12(22)6-2-11;;;1-2/h3-4,7-9,11-12H,1-2,5-6,22H2,(H,23,24,25,26);2*1H;1-2H2. The molecule has 8 nitrogen and oxygen atoms in total. The van der Waals surface area contributed by atoms with Crippen LogP contribution in [0.3, 0.4) is 0 Å². The van der Waals surface area contributed by atoms with E-state index in [1.807, 2.05) is 0 Å². The highest BCUT2D eigenvalue weighted by Crippen LogP contribution is 2.34. The average Bonchev–Trinajstić information content (AvgIpc) is 3.17. The van der Waals surface area contributed by atoms with Crippen molar-refractivity contribution >= 4 is 36.0 Å². The van der Waals surface area contributed by atoms with Crippen LogP contribution in [-0.2, 0) is 0 Å². The summed E-state index contributed by atoms with van der Waals surface area (Å²) in [5.74, 6) is 8.63. The molecule has 0 bridgehead atoms. The minimum Gasteiger partial charge on any atom is -0.406 e. The number of hydrogen-bond donors (Lipinski definition) is 4. The van der Waals surface area contributed by atoms with Gasteiger partial charge in [0.2, 0.25) is 0 Å². The number of halogens is 5. The lowest BCUT2D eigenvalue weighted by atomic mass is 9.86. The number of hydrazine groups is 1. The summed E-state index contributed by atoms with van der Waals surface area (Å²) in [6.07, 6.45) is 0.479. The number of hydrogen-bond acceptors (Lipinski definition) is 7. The lowest BCUT2D eigenvalue weighted by Crippen LogP contribution is -2.26. The smallest absolute Gasteiger partial charge is 0.406 e. The quantitative estimate of drug-likeness (QED) is 0.330. The normalized spacial score (nSPS) is 18.3. The van der Waals surface area contributed by atoms with Gasteiger partial charge in [-0.2, -0.15) is 0 Å². The third-order valence-corrected chi connectivity index (χ3v) is 4.80. The first-order valence-electron chi connectivity index (χ1n) is 9.05. The third kappa shape index (κ3) is 6.65. The van der Waals surface area contributed by atoms with E-state index < -0.39 is 6.36 Å². The highest BCUT2D eigenvalue weighted by Gasteiger charge is 2.31. The number of fused-ring (bicyclic) bond motifs is 1. The van der Waals surface area contributed by atoms with E-state index >= 15 is 0 Å². The molecule has 1 fully saturated rings. The molecule has 1 aliphatic rings. The number of benzene rings is 1. The van der Waals surface area contributed by atoms with Crippen molar-refractivity contribution in [1.82, 2.24) is 19.9 Å². The third-order valence-electron chi connectivity index (χ3n) is 4.80. The molecule has 0 atom stereocenters. The summed E-state index contributed by atoms with van der Waals surface area (Å²) in [6, 6.07) is 5.85. The molecule has 0 unspecified atom stereocenters. The molecule has 172 valence electrons. The number of alkyl halides is 3. The van der Waals surface area contributed by atoms with Crippen LogP contribution in [0.1, 0.15) is 37.4 Å². The maximum Gasteiger partial charge on any atom is 0.573 e. The topological polar surface area (TPSA) is 142 Å². The van der Waals surface area contributed by atoms with Crippen LogP contribution in [0.2, 0.25) is 0 Å². The molecule has 0 saturated heterocycles. The minimum atomic E-state index is -4.72. The van der Waals surface area contributed by atoms with Crippen LogP contribution in [0.25, 0.3) is 22.4 Å². The summed E-state index contributed by atoms with van der Waals surface area (Å²) < 4.78 is 41.0. The minimum absolute atomic E-state index is 0. The molecule has 31 heavy (non-hydrogen) atoms. The van der Waals surface area contributed by atoms with E-state index in [-0.39, 0.29) is 42.5 Å². The lowest BCUT2D eigenvalue weighted by Gasteiger charge is -2.25. The number of aromatic nitrogens is 4. The van der Waals surface area contributed by atoms with E-state index in [0.717, 1.165) is 25.7 Å². The summed E-state index contributed by atoms with van der Waals surface area (Å²) >= 11 is 0. The van der Waals surface area contributed by atoms with E-state index in [1.165, 1.54) is 18.5 Å². The van der Waals surface area contributed by atoms with Crippen LogP contribution in [-0.4, -0.2) is 32.3 Å². The lowest BCUT2D eigenvalue weighted by molar-refractivity contribution is -0.274. The predicted octanol–water partition coefficient (Wildman–Crippen LogP) is 3.57. The SMILES string of the molecule is Cl.Cl.NC1CCC(c2nc(-c3ccc(OC(F)(F)F)cc3)c3[nH]cnc3n2)CC1.NN. The number of imidazole rings is 1. The fourth-order valence-corrected chi connectivity index (χ4v) is 3.43. The van der Waals surface area contributed by atoms with Gasteiger partial charge in [-0.3, -0.25) is 11.7 Å². The van der Waals surface area contributed by atoms with Gasteiger partial charge in [0.1, 0.15) is 17.1 Å². The Morgan fingerprint density at radius 1 is 0.968 bits per heavy atom. The Morgan fingerprint density at radius 3 is 2.16 bits per heavy atom. The molecule has 2 aromatic heterocycles. The van der Waals surface area contributed by atoms with Gasteiger partial charge in [0.25, 0.3) is 0 Å². The maximum absolute atomic E-state index is 12.4. The molecule has 0 amide bonds. The van der Waals surface area contributed by atoms with Crippen molar-refractivity contribution in [3.8, 4) is 17.0 Å². The number of nitrogens with zero attached hydrogens (tertiary/aromatic N) is 3. The van der Waals surface area contributed by atoms with Crippen molar-refractivity contribution in [1.29, 1.82) is 0 Å². The molecule has 7 N–H and O–H groups in total. The van der Waals surface area contributed by atoms with Gasteiger partial charge in [-0.05, 0) is 49.9 Å². The first-order chi connectivity index (χ1) is 13.9. The Balaban J connectivity index is 0.00000117. The van der Waals surface area contributed by atoms with Crippen LogP contribution >= 0.6 is 24.8 Å². The largest absolute Gasteiger partial charge is 0.573 e. The Morgan fingerprint density at radius 2 is 1.58 bits per heavy atom. The molecule has 1 aromatic carbocycles. The van der Waals surface area contributed by atoms with Crippen molar-refractivity contribution in [3.63, 3.8) is 0 Å². The van der Waals surface area contributed by atoms with Crippen molar-refractivity contribution in [3.05, 3.63) is 36.4 Å². The second-order valence-electron chi connectivity index (χ2n) is 6.72. The van der Waals surface area contributed by atoms with Crippen LogP contribution in [0.5, 0.6) is 5.75 Å². The van der Waals surface area contributed by atoms with Gasteiger partial charge < -0.3 is 15.5 Å².